The van der Waals surface area contributed by atoms with Crippen LogP contribution in [0.5, 0.6) is 0 Å². The third-order valence-corrected chi connectivity index (χ3v) is 4.51. The van der Waals surface area contributed by atoms with E-state index in [1.807, 2.05) is 32.1 Å². The normalized spacial score (nSPS) is 13.0. The van der Waals surface area contributed by atoms with E-state index < -0.39 is 0 Å². The molecule has 0 aliphatic rings. The standard InChI is InChI=1S/C25H33N5O/c1-6-8-9-21(18(4)13-26)11-20-12-22(15-29-14-20)25(31)30-16-24(28)23(19(5)27)10-17(3)7-2/h6-10,12,14-15,28H,2,4,11,13,16,26-27H2,1,3,5H3,(H,30,31)/b8-6-,17-10-,21-9-,23-19-,28-24?. The maximum atomic E-state index is 12.6. The summed E-state index contributed by atoms with van der Waals surface area (Å²) in [7, 11) is 0. The minimum Gasteiger partial charge on any atom is -0.402 e. The number of aromatic nitrogens is 1. The monoisotopic (exact) mass is 419 g/mol. The van der Waals surface area contributed by atoms with E-state index in [9.17, 15) is 4.79 Å². The summed E-state index contributed by atoms with van der Waals surface area (Å²) < 4.78 is 0. The molecule has 1 amide bonds. The van der Waals surface area contributed by atoms with Crippen molar-refractivity contribution in [1.82, 2.24) is 10.3 Å². The molecule has 6 N–H and O–H groups in total. The summed E-state index contributed by atoms with van der Waals surface area (Å²) in [5.41, 5.74) is 16.9. The molecule has 0 aromatic carbocycles. The molecule has 0 spiro atoms. The van der Waals surface area contributed by atoms with Gasteiger partial charge in [0.1, 0.15) is 0 Å². The van der Waals surface area contributed by atoms with Gasteiger partial charge in [0.15, 0.2) is 0 Å². The number of amides is 1. The highest BCUT2D eigenvalue weighted by Gasteiger charge is 2.12. The molecule has 0 radical (unpaired) electrons. The van der Waals surface area contributed by atoms with Crippen molar-refractivity contribution in [3.63, 3.8) is 0 Å². The highest BCUT2D eigenvalue weighted by Crippen LogP contribution is 2.15. The average molecular weight is 420 g/mol. The van der Waals surface area contributed by atoms with Gasteiger partial charge in [-0.05, 0) is 56.0 Å². The molecule has 0 bridgehead atoms. The molecule has 6 heteroatoms. The maximum absolute atomic E-state index is 12.6. The van der Waals surface area contributed by atoms with E-state index in [1.165, 1.54) is 6.20 Å². The minimum atomic E-state index is -0.311. The van der Waals surface area contributed by atoms with E-state index in [-0.39, 0.29) is 18.2 Å². The highest BCUT2D eigenvalue weighted by atomic mass is 16.1. The van der Waals surface area contributed by atoms with Gasteiger partial charge in [-0.1, -0.05) is 43.0 Å². The van der Waals surface area contributed by atoms with Gasteiger partial charge in [-0.15, -0.1) is 0 Å². The van der Waals surface area contributed by atoms with E-state index in [2.05, 4.69) is 23.5 Å². The fourth-order valence-electron chi connectivity index (χ4n) is 2.67. The van der Waals surface area contributed by atoms with Crippen LogP contribution in [0.4, 0.5) is 0 Å². The van der Waals surface area contributed by atoms with Gasteiger partial charge < -0.3 is 22.2 Å². The van der Waals surface area contributed by atoms with Crippen molar-refractivity contribution in [3.8, 4) is 0 Å². The summed E-state index contributed by atoms with van der Waals surface area (Å²) in [5.74, 6) is -0.311. The molecule has 1 rings (SSSR count). The van der Waals surface area contributed by atoms with Crippen LogP contribution < -0.4 is 16.8 Å². The number of allylic oxidation sites excluding steroid dienone is 7. The number of nitrogens with one attached hydrogen (secondary N) is 2. The number of carbonyl (C=O) groups excluding carboxylic acids is 1. The van der Waals surface area contributed by atoms with E-state index in [0.717, 1.165) is 22.3 Å². The number of hydrogen-bond donors (Lipinski definition) is 4. The average Bonchev–Trinajstić information content (AvgIpc) is 2.77. The van der Waals surface area contributed by atoms with Crippen molar-refractivity contribution >= 4 is 11.6 Å². The van der Waals surface area contributed by atoms with Crippen LogP contribution in [-0.4, -0.2) is 29.7 Å². The third-order valence-electron chi connectivity index (χ3n) is 4.51. The minimum absolute atomic E-state index is 0.0459. The van der Waals surface area contributed by atoms with E-state index in [1.54, 1.807) is 31.3 Å². The Labute approximate surface area is 185 Å². The summed E-state index contributed by atoms with van der Waals surface area (Å²) >= 11 is 0. The number of carbonyl (C=O) groups is 1. The van der Waals surface area contributed by atoms with Crippen molar-refractivity contribution in [2.45, 2.75) is 27.2 Å². The second kappa shape index (κ2) is 12.9. The topological polar surface area (TPSA) is 118 Å². The SMILES string of the molecule is C=C/C(C)=C\C(C(=N)CNC(=O)c1cncc(C/C(=C/C=C\C)C(=C)CN)c1)=C(/C)N. The first-order chi connectivity index (χ1) is 14.7. The molecule has 164 valence electrons. The predicted molar refractivity (Wildman–Crippen MR) is 130 cm³/mol. The zero-order chi connectivity index (χ0) is 23.4. The fraction of sp³-hybridized carbons (Fsp3) is 0.240. The fourth-order valence-corrected chi connectivity index (χ4v) is 2.67. The first kappa shape index (κ1) is 25.5. The zero-order valence-corrected chi connectivity index (χ0v) is 18.7. The van der Waals surface area contributed by atoms with Gasteiger partial charge in [-0.3, -0.25) is 9.78 Å². The first-order valence-electron chi connectivity index (χ1n) is 10.0. The molecular formula is C25H33N5O. The van der Waals surface area contributed by atoms with Crippen LogP contribution >= 0.6 is 0 Å². The molecule has 0 aliphatic carbocycles. The highest BCUT2D eigenvalue weighted by molar-refractivity contribution is 6.05. The van der Waals surface area contributed by atoms with Gasteiger partial charge in [0, 0.05) is 30.2 Å². The Kier molecular flexibility index (Phi) is 10.6. The number of hydrogen-bond acceptors (Lipinski definition) is 5. The predicted octanol–water partition coefficient (Wildman–Crippen LogP) is 3.76. The van der Waals surface area contributed by atoms with Gasteiger partial charge in [0.05, 0.1) is 17.8 Å². The summed E-state index contributed by atoms with van der Waals surface area (Å²) in [5, 5.41) is 11.0. The number of pyridine rings is 1. The van der Waals surface area contributed by atoms with Gasteiger partial charge in [-0.2, -0.15) is 0 Å². The molecule has 0 fully saturated rings. The van der Waals surface area contributed by atoms with Crippen molar-refractivity contribution in [3.05, 3.63) is 101 Å². The molecule has 0 atom stereocenters. The van der Waals surface area contributed by atoms with Crippen LogP contribution in [0.15, 0.2) is 90.0 Å². The van der Waals surface area contributed by atoms with Crippen LogP contribution in [0.1, 0.15) is 36.7 Å². The second-order valence-corrected chi connectivity index (χ2v) is 7.13. The third kappa shape index (κ3) is 8.40. The quantitative estimate of drug-likeness (QED) is 0.323. The molecule has 0 saturated carbocycles. The van der Waals surface area contributed by atoms with Gasteiger partial charge in [0.2, 0.25) is 0 Å². The summed E-state index contributed by atoms with van der Waals surface area (Å²) in [6.45, 7) is 13.7. The molecule has 0 saturated heterocycles. The zero-order valence-electron chi connectivity index (χ0n) is 18.7. The lowest BCUT2D eigenvalue weighted by atomic mass is 9.98. The van der Waals surface area contributed by atoms with Crippen LogP contribution in [-0.2, 0) is 6.42 Å². The number of nitrogens with zero attached hydrogens (tertiary/aromatic N) is 1. The second-order valence-electron chi connectivity index (χ2n) is 7.13. The summed E-state index contributed by atoms with van der Waals surface area (Å²) in [6, 6.07) is 1.78. The molecule has 1 aromatic rings. The Hall–Kier alpha value is -3.51. The van der Waals surface area contributed by atoms with Gasteiger partial charge in [0.25, 0.3) is 5.91 Å². The molecule has 6 nitrogen and oxygen atoms in total. The van der Waals surface area contributed by atoms with Crippen molar-refractivity contribution in [1.29, 1.82) is 5.41 Å². The summed E-state index contributed by atoms with van der Waals surface area (Å²) in [6.07, 6.45) is 13.1. The molecular weight excluding hydrogens is 386 g/mol. The van der Waals surface area contributed by atoms with E-state index in [4.69, 9.17) is 16.9 Å². The Balaban J connectivity index is 2.94. The smallest absolute Gasteiger partial charge is 0.253 e. The van der Waals surface area contributed by atoms with Crippen molar-refractivity contribution in [2.24, 2.45) is 11.5 Å². The van der Waals surface area contributed by atoms with Crippen molar-refractivity contribution in [2.75, 3.05) is 13.1 Å². The van der Waals surface area contributed by atoms with E-state index >= 15 is 0 Å². The lowest BCUT2D eigenvalue weighted by Crippen LogP contribution is -2.30. The molecule has 0 aliphatic heterocycles. The first-order valence-corrected chi connectivity index (χ1v) is 10.0. The number of nitrogens with two attached hydrogens (primary N) is 2. The van der Waals surface area contributed by atoms with Gasteiger partial charge >= 0.3 is 0 Å². The molecule has 1 aromatic heterocycles. The largest absolute Gasteiger partial charge is 0.402 e. The van der Waals surface area contributed by atoms with E-state index in [0.29, 0.717) is 29.8 Å². The molecule has 31 heavy (non-hydrogen) atoms. The molecule has 1 heterocycles. The molecule has 0 unspecified atom stereocenters. The van der Waals surface area contributed by atoms with Crippen LogP contribution in [0.25, 0.3) is 0 Å². The van der Waals surface area contributed by atoms with Crippen molar-refractivity contribution < 1.29 is 4.79 Å². The van der Waals surface area contributed by atoms with Gasteiger partial charge in [-0.25, -0.2) is 0 Å². The Morgan fingerprint density at radius 3 is 2.61 bits per heavy atom. The maximum Gasteiger partial charge on any atom is 0.253 e. The Bertz CT molecular complexity index is 960. The summed E-state index contributed by atoms with van der Waals surface area (Å²) in [4.78, 5) is 16.8. The van der Waals surface area contributed by atoms with Crippen LogP contribution in [0.2, 0.25) is 0 Å². The number of rotatable bonds is 11. The lowest BCUT2D eigenvalue weighted by Gasteiger charge is -2.12. The Morgan fingerprint density at radius 1 is 1.32 bits per heavy atom. The van der Waals surface area contributed by atoms with Crippen LogP contribution in [0, 0.1) is 5.41 Å². The lowest BCUT2D eigenvalue weighted by molar-refractivity contribution is 0.0959. The van der Waals surface area contributed by atoms with Crippen LogP contribution in [0.3, 0.4) is 0 Å². The Morgan fingerprint density at radius 2 is 2.03 bits per heavy atom.